The van der Waals surface area contributed by atoms with Gasteiger partial charge in [0.15, 0.2) is 6.61 Å². The third kappa shape index (κ3) is 7.12. The number of methoxy groups -OCH3 is 1. The van der Waals surface area contributed by atoms with Crippen molar-refractivity contribution in [1.29, 1.82) is 0 Å². The zero-order valence-electron chi connectivity index (χ0n) is 14.6. The molecule has 0 saturated carbocycles. The highest BCUT2D eigenvalue weighted by Crippen LogP contribution is 2.16. The predicted octanol–water partition coefficient (Wildman–Crippen LogP) is 1.39. The number of hydrogen-bond acceptors (Lipinski definition) is 5. The number of rotatable bonds is 10. The molecule has 0 bridgehead atoms. The number of para-hydroxylation sites is 1. The number of amides is 2. The fourth-order valence-electron chi connectivity index (χ4n) is 1.99. The maximum atomic E-state index is 11.7. The highest BCUT2D eigenvalue weighted by molar-refractivity contribution is 5.85. The number of carbonyl (C=O) groups excluding carboxylic acids is 2. The van der Waals surface area contributed by atoms with E-state index in [4.69, 9.17) is 14.2 Å². The van der Waals surface area contributed by atoms with Crippen molar-refractivity contribution in [1.82, 2.24) is 10.6 Å². The molecule has 0 radical (unpaired) electrons. The molecular weight excluding hydrogens is 336 g/mol. The van der Waals surface area contributed by atoms with Gasteiger partial charge in [0.25, 0.3) is 5.91 Å². The molecule has 0 aliphatic carbocycles. The third-order valence-electron chi connectivity index (χ3n) is 3.31. The average Bonchev–Trinajstić information content (AvgIpc) is 2.69. The second kappa shape index (κ2) is 10.6. The Bertz CT molecular complexity index is 689. The summed E-state index contributed by atoms with van der Waals surface area (Å²) in [6.45, 7) is 0.405. The Labute approximate surface area is 152 Å². The van der Waals surface area contributed by atoms with Crippen LogP contribution in [0.15, 0.2) is 54.6 Å². The van der Waals surface area contributed by atoms with Gasteiger partial charge in [-0.15, -0.1) is 0 Å². The van der Waals surface area contributed by atoms with Crippen molar-refractivity contribution in [2.45, 2.75) is 0 Å². The van der Waals surface area contributed by atoms with Crippen LogP contribution in [0.2, 0.25) is 0 Å². The molecule has 0 fully saturated rings. The van der Waals surface area contributed by atoms with Crippen LogP contribution in [0.25, 0.3) is 0 Å². The highest BCUT2D eigenvalue weighted by Gasteiger charge is 2.06. The summed E-state index contributed by atoms with van der Waals surface area (Å²) in [5.74, 6) is 1.38. The van der Waals surface area contributed by atoms with Crippen molar-refractivity contribution in [2.24, 2.45) is 0 Å². The minimum atomic E-state index is -0.363. The summed E-state index contributed by atoms with van der Waals surface area (Å²) in [7, 11) is 1.60. The largest absolute Gasteiger partial charge is 0.497 e. The molecule has 7 nitrogen and oxygen atoms in total. The van der Waals surface area contributed by atoms with Crippen LogP contribution in [-0.2, 0) is 9.59 Å². The zero-order valence-corrected chi connectivity index (χ0v) is 14.6. The van der Waals surface area contributed by atoms with Crippen LogP contribution in [0.1, 0.15) is 0 Å². The van der Waals surface area contributed by atoms with Gasteiger partial charge < -0.3 is 24.8 Å². The number of benzene rings is 2. The molecule has 0 aromatic heterocycles. The van der Waals surface area contributed by atoms with Crippen LogP contribution >= 0.6 is 0 Å². The van der Waals surface area contributed by atoms with Crippen LogP contribution in [0.5, 0.6) is 17.2 Å². The zero-order chi connectivity index (χ0) is 18.6. The van der Waals surface area contributed by atoms with Crippen LogP contribution in [0.4, 0.5) is 0 Å². The summed E-state index contributed by atoms with van der Waals surface area (Å²) in [5.41, 5.74) is 0. The van der Waals surface area contributed by atoms with Gasteiger partial charge in [-0.1, -0.05) is 18.2 Å². The Morgan fingerprint density at radius 2 is 1.46 bits per heavy atom. The third-order valence-corrected chi connectivity index (χ3v) is 3.31. The number of hydrogen-bond donors (Lipinski definition) is 2. The molecule has 138 valence electrons. The van der Waals surface area contributed by atoms with Crippen molar-refractivity contribution >= 4 is 11.8 Å². The van der Waals surface area contributed by atoms with E-state index in [9.17, 15) is 9.59 Å². The number of nitrogens with one attached hydrogen (secondary N) is 2. The second-order valence-electron chi connectivity index (χ2n) is 5.25. The van der Waals surface area contributed by atoms with Gasteiger partial charge >= 0.3 is 0 Å². The molecule has 2 aromatic carbocycles. The summed E-state index contributed by atoms with van der Waals surface area (Å²) in [5, 5.41) is 5.15. The van der Waals surface area contributed by atoms with E-state index < -0.39 is 0 Å². The van der Waals surface area contributed by atoms with Gasteiger partial charge in [-0.25, -0.2) is 0 Å². The van der Waals surface area contributed by atoms with E-state index in [1.165, 1.54) is 0 Å². The first-order chi connectivity index (χ1) is 12.7. The van der Waals surface area contributed by atoms with Gasteiger partial charge in [0, 0.05) is 0 Å². The summed E-state index contributed by atoms with van der Waals surface area (Å²) >= 11 is 0. The Morgan fingerprint density at radius 1 is 0.808 bits per heavy atom. The minimum absolute atomic E-state index is 0.112. The van der Waals surface area contributed by atoms with Gasteiger partial charge in [0.1, 0.15) is 23.9 Å². The normalized spacial score (nSPS) is 9.88. The lowest BCUT2D eigenvalue weighted by atomic mass is 10.3. The molecule has 0 saturated heterocycles. The summed E-state index contributed by atoms with van der Waals surface area (Å²) in [6.07, 6.45) is 0. The van der Waals surface area contributed by atoms with Crippen LogP contribution in [0, 0.1) is 0 Å². The maximum Gasteiger partial charge on any atom is 0.258 e. The Kier molecular flexibility index (Phi) is 7.79. The van der Waals surface area contributed by atoms with Crippen molar-refractivity contribution in [3.8, 4) is 17.2 Å². The quantitative estimate of drug-likeness (QED) is 0.627. The summed E-state index contributed by atoms with van der Waals surface area (Å²) in [4.78, 5) is 23.3. The first-order valence-corrected chi connectivity index (χ1v) is 8.15. The molecule has 0 heterocycles. The standard InChI is InChI=1S/C19H22N2O5/c1-24-15-7-9-17(10-8-15)25-12-11-20-18(22)13-21-19(23)14-26-16-5-3-2-4-6-16/h2-10H,11-14H2,1H3,(H,20,22)(H,21,23). The fourth-order valence-corrected chi connectivity index (χ4v) is 1.99. The van der Waals surface area contributed by atoms with Crippen LogP contribution in [0.3, 0.4) is 0 Å². The lowest BCUT2D eigenvalue weighted by Gasteiger charge is -2.09. The molecule has 0 spiro atoms. The molecule has 0 aliphatic heterocycles. The van der Waals surface area contributed by atoms with Gasteiger partial charge in [-0.05, 0) is 36.4 Å². The molecule has 2 amide bonds. The summed E-state index contributed by atoms with van der Waals surface area (Å²) in [6, 6.07) is 16.1. The second-order valence-corrected chi connectivity index (χ2v) is 5.25. The fraction of sp³-hybridized carbons (Fsp3) is 0.263. The van der Waals surface area contributed by atoms with E-state index in [0.717, 1.165) is 5.75 Å². The lowest BCUT2D eigenvalue weighted by molar-refractivity contribution is -0.127. The van der Waals surface area contributed by atoms with Gasteiger partial charge in [-0.3, -0.25) is 9.59 Å². The van der Waals surface area contributed by atoms with Gasteiger partial charge in [-0.2, -0.15) is 0 Å². The van der Waals surface area contributed by atoms with Crippen LogP contribution < -0.4 is 24.8 Å². The molecule has 0 aliphatic rings. The highest BCUT2D eigenvalue weighted by atomic mass is 16.5. The average molecular weight is 358 g/mol. The van der Waals surface area contributed by atoms with Gasteiger partial charge in [0.05, 0.1) is 20.2 Å². The van der Waals surface area contributed by atoms with E-state index in [0.29, 0.717) is 24.7 Å². The van der Waals surface area contributed by atoms with Crippen molar-refractivity contribution < 1.29 is 23.8 Å². The minimum Gasteiger partial charge on any atom is -0.497 e. The first-order valence-electron chi connectivity index (χ1n) is 8.15. The van der Waals surface area contributed by atoms with E-state index in [-0.39, 0.29) is 25.0 Å². The Hall–Kier alpha value is -3.22. The molecule has 2 aromatic rings. The smallest absolute Gasteiger partial charge is 0.258 e. The molecule has 0 unspecified atom stereocenters. The van der Waals surface area contributed by atoms with Crippen molar-refractivity contribution in [3.63, 3.8) is 0 Å². The first kappa shape index (κ1) is 19.1. The topological polar surface area (TPSA) is 85.9 Å². The maximum absolute atomic E-state index is 11.7. The molecule has 2 N–H and O–H groups in total. The lowest BCUT2D eigenvalue weighted by Crippen LogP contribution is -2.40. The molecule has 7 heteroatoms. The SMILES string of the molecule is COc1ccc(OCCNC(=O)CNC(=O)COc2ccccc2)cc1. The molecule has 26 heavy (non-hydrogen) atoms. The monoisotopic (exact) mass is 358 g/mol. The Balaban J connectivity index is 1.54. The number of carbonyl (C=O) groups is 2. The molecule has 2 rings (SSSR count). The van der Waals surface area contributed by atoms with E-state index in [2.05, 4.69) is 10.6 Å². The number of ether oxygens (including phenoxy) is 3. The molecular formula is C19H22N2O5. The van der Waals surface area contributed by atoms with E-state index in [1.54, 1.807) is 43.5 Å². The van der Waals surface area contributed by atoms with Crippen LogP contribution in [-0.4, -0.2) is 45.2 Å². The Morgan fingerprint density at radius 3 is 2.15 bits per heavy atom. The molecule has 0 atom stereocenters. The van der Waals surface area contributed by atoms with Crippen molar-refractivity contribution in [2.75, 3.05) is 33.4 Å². The van der Waals surface area contributed by atoms with Crippen molar-refractivity contribution in [3.05, 3.63) is 54.6 Å². The summed E-state index contributed by atoms with van der Waals surface area (Å²) < 4.78 is 15.8. The van der Waals surface area contributed by atoms with E-state index in [1.807, 2.05) is 18.2 Å². The predicted molar refractivity (Wildman–Crippen MR) is 96.4 cm³/mol. The van der Waals surface area contributed by atoms with Gasteiger partial charge in [0.2, 0.25) is 5.91 Å². The van der Waals surface area contributed by atoms with E-state index >= 15 is 0 Å².